The van der Waals surface area contributed by atoms with E-state index in [0.29, 0.717) is 11.3 Å². The molecular weight excluding hydrogens is 190 g/mol. The molecule has 0 aliphatic rings. The summed E-state index contributed by atoms with van der Waals surface area (Å²) < 4.78 is 0. The molecule has 0 aromatic carbocycles. The Morgan fingerprint density at radius 3 is 2.57 bits per heavy atom. The van der Waals surface area contributed by atoms with Crippen molar-refractivity contribution in [2.45, 2.75) is 26.6 Å². The molecule has 0 radical (unpaired) electrons. The van der Waals surface area contributed by atoms with Crippen LogP contribution in [0.1, 0.15) is 11.3 Å². The van der Waals surface area contributed by atoms with Gasteiger partial charge in [-0.2, -0.15) is 0 Å². The van der Waals surface area contributed by atoms with Gasteiger partial charge in [0, 0.05) is 6.20 Å². The molecule has 0 saturated carbocycles. The highest BCUT2D eigenvalue weighted by atomic mass is 28.3. The second kappa shape index (κ2) is 3.85. The Labute approximate surface area is 86.0 Å². The second-order valence-corrected chi connectivity index (χ2v) is 9.04. The van der Waals surface area contributed by atoms with Crippen LogP contribution in [0, 0.1) is 18.4 Å². The van der Waals surface area contributed by atoms with Crippen LogP contribution in [0.4, 0.5) is 0 Å². The average molecular weight is 205 g/mol. The van der Waals surface area contributed by atoms with Crippen molar-refractivity contribution in [3.05, 3.63) is 23.5 Å². The molecule has 3 heteroatoms. The molecule has 14 heavy (non-hydrogen) atoms. The maximum absolute atomic E-state index is 9.64. The topological polar surface area (TPSA) is 33.1 Å². The molecule has 2 nitrogen and oxygen atoms in total. The van der Waals surface area contributed by atoms with E-state index < -0.39 is 8.07 Å². The van der Waals surface area contributed by atoms with Crippen molar-refractivity contribution < 1.29 is 5.11 Å². The standard InChI is InChI=1S/C11H15NOSi/c1-9-11(13)10(5-7-12-9)6-8-14(2,3)4/h5,7,13H,1-4H3. The second-order valence-electron chi connectivity index (χ2n) is 4.29. The van der Waals surface area contributed by atoms with Gasteiger partial charge in [-0.1, -0.05) is 25.6 Å². The molecule has 0 aliphatic heterocycles. The lowest BCUT2D eigenvalue weighted by Crippen LogP contribution is -2.16. The number of aryl methyl sites for hydroxylation is 1. The summed E-state index contributed by atoms with van der Waals surface area (Å²) in [5.74, 6) is 3.22. The number of hydrogen-bond donors (Lipinski definition) is 1. The minimum absolute atomic E-state index is 0.207. The summed E-state index contributed by atoms with van der Waals surface area (Å²) in [6.45, 7) is 8.29. The molecule has 0 atom stereocenters. The monoisotopic (exact) mass is 205 g/mol. The first-order valence-corrected chi connectivity index (χ1v) is 8.08. The van der Waals surface area contributed by atoms with Crippen LogP contribution >= 0.6 is 0 Å². The number of hydrogen-bond acceptors (Lipinski definition) is 2. The first-order chi connectivity index (χ1) is 6.40. The van der Waals surface area contributed by atoms with Crippen molar-refractivity contribution in [2.24, 2.45) is 0 Å². The van der Waals surface area contributed by atoms with Gasteiger partial charge in [0.15, 0.2) is 5.75 Å². The molecule has 0 spiro atoms. The van der Waals surface area contributed by atoms with Gasteiger partial charge in [-0.25, -0.2) is 0 Å². The van der Waals surface area contributed by atoms with Crippen molar-refractivity contribution in [2.75, 3.05) is 0 Å². The third-order valence-corrected chi connectivity index (χ3v) is 2.55. The normalized spacial score (nSPS) is 10.6. The van der Waals surface area contributed by atoms with Crippen LogP contribution in [0.15, 0.2) is 12.3 Å². The summed E-state index contributed by atoms with van der Waals surface area (Å²) in [5.41, 5.74) is 4.52. The fourth-order valence-corrected chi connectivity index (χ4v) is 1.42. The Bertz CT molecular complexity index is 396. The molecule has 1 aromatic rings. The zero-order chi connectivity index (χ0) is 10.8. The number of rotatable bonds is 0. The molecule has 0 fully saturated rings. The summed E-state index contributed by atoms with van der Waals surface area (Å²) in [5, 5.41) is 9.64. The minimum Gasteiger partial charge on any atom is -0.505 e. The average Bonchev–Trinajstić information content (AvgIpc) is 2.06. The summed E-state index contributed by atoms with van der Waals surface area (Å²) in [6.07, 6.45) is 1.67. The number of aromatic nitrogens is 1. The molecule has 0 aliphatic carbocycles. The SMILES string of the molecule is Cc1nccc(C#C[Si](C)(C)C)c1O. The van der Waals surface area contributed by atoms with Gasteiger partial charge in [-0.05, 0) is 13.0 Å². The van der Waals surface area contributed by atoms with Gasteiger partial charge in [0.1, 0.15) is 8.07 Å². The van der Waals surface area contributed by atoms with Crippen LogP contribution in [0.25, 0.3) is 0 Å². The quantitative estimate of drug-likeness (QED) is 0.521. The van der Waals surface area contributed by atoms with Crippen LogP contribution in [-0.4, -0.2) is 18.2 Å². The Morgan fingerprint density at radius 1 is 1.36 bits per heavy atom. The van der Waals surface area contributed by atoms with Gasteiger partial charge in [0.2, 0.25) is 0 Å². The van der Waals surface area contributed by atoms with Crippen LogP contribution in [0.2, 0.25) is 19.6 Å². The zero-order valence-electron chi connectivity index (χ0n) is 9.05. The van der Waals surface area contributed by atoms with E-state index in [0.717, 1.165) is 0 Å². The summed E-state index contributed by atoms with van der Waals surface area (Å²) in [6, 6.07) is 1.75. The highest BCUT2D eigenvalue weighted by Gasteiger charge is 2.08. The van der Waals surface area contributed by atoms with Gasteiger partial charge in [-0.3, -0.25) is 4.98 Å². The molecule has 1 heterocycles. The van der Waals surface area contributed by atoms with Crippen LogP contribution in [0.3, 0.4) is 0 Å². The number of nitrogens with zero attached hydrogens (tertiary/aromatic N) is 1. The maximum Gasteiger partial charge on any atom is 0.152 e. The fraction of sp³-hybridized carbons (Fsp3) is 0.364. The molecular formula is C11H15NOSi. The lowest BCUT2D eigenvalue weighted by atomic mass is 10.2. The first-order valence-electron chi connectivity index (χ1n) is 4.58. The van der Waals surface area contributed by atoms with Crippen LogP contribution in [-0.2, 0) is 0 Å². The highest BCUT2D eigenvalue weighted by molar-refractivity contribution is 6.83. The molecule has 1 aromatic heterocycles. The maximum atomic E-state index is 9.64. The third kappa shape index (κ3) is 2.89. The summed E-state index contributed by atoms with van der Waals surface area (Å²) >= 11 is 0. The van der Waals surface area contributed by atoms with Gasteiger partial charge in [0.25, 0.3) is 0 Å². The summed E-state index contributed by atoms with van der Waals surface area (Å²) in [4.78, 5) is 3.98. The molecule has 1 N–H and O–H groups in total. The van der Waals surface area contributed by atoms with Gasteiger partial charge in [-0.15, -0.1) is 5.54 Å². The van der Waals surface area contributed by atoms with Crippen LogP contribution in [0.5, 0.6) is 5.75 Å². The van der Waals surface area contributed by atoms with E-state index >= 15 is 0 Å². The van der Waals surface area contributed by atoms with E-state index in [1.807, 2.05) is 0 Å². The van der Waals surface area contributed by atoms with E-state index in [2.05, 4.69) is 36.1 Å². The molecule has 0 bridgehead atoms. The van der Waals surface area contributed by atoms with E-state index in [9.17, 15) is 5.11 Å². The van der Waals surface area contributed by atoms with E-state index in [-0.39, 0.29) is 5.75 Å². The van der Waals surface area contributed by atoms with Gasteiger partial charge >= 0.3 is 0 Å². The molecule has 0 amide bonds. The zero-order valence-corrected chi connectivity index (χ0v) is 10.0. The largest absolute Gasteiger partial charge is 0.505 e. The van der Waals surface area contributed by atoms with Crippen molar-refractivity contribution in [1.29, 1.82) is 0 Å². The van der Waals surface area contributed by atoms with E-state index in [4.69, 9.17) is 0 Å². The minimum atomic E-state index is -1.37. The number of pyridine rings is 1. The molecule has 1 rings (SSSR count). The smallest absolute Gasteiger partial charge is 0.152 e. The lowest BCUT2D eigenvalue weighted by molar-refractivity contribution is 0.466. The van der Waals surface area contributed by atoms with E-state index in [1.54, 1.807) is 19.2 Å². The predicted octanol–water partition coefficient (Wildman–Crippen LogP) is 2.32. The van der Waals surface area contributed by atoms with E-state index in [1.165, 1.54) is 0 Å². The fourth-order valence-electron chi connectivity index (χ4n) is 0.914. The van der Waals surface area contributed by atoms with Crippen molar-refractivity contribution in [3.63, 3.8) is 0 Å². The molecule has 74 valence electrons. The Hall–Kier alpha value is -1.27. The van der Waals surface area contributed by atoms with Gasteiger partial charge in [0.05, 0.1) is 11.3 Å². The highest BCUT2D eigenvalue weighted by Crippen LogP contribution is 2.17. The Balaban J connectivity index is 3.08. The predicted molar refractivity (Wildman–Crippen MR) is 60.9 cm³/mol. The molecule has 0 unspecified atom stereocenters. The van der Waals surface area contributed by atoms with Gasteiger partial charge < -0.3 is 5.11 Å². The Kier molecular flexibility index (Phi) is 2.97. The number of aromatic hydroxyl groups is 1. The van der Waals surface area contributed by atoms with Crippen molar-refractivity contribution >= 4 is 8.07 Å². The molecule has 0 saturated heterocycles. The lowest BCUT2D eigenvalue weighted by Gasteiger charge is -2.04. The Morgan fingerprint density at radius 2 is 2.00 bits per heavy atom. The van der Waals surface area contributed by atoms with Crippen molar-refractivity contribution in [1.82, 2.24) is 4.98 Å². The first kappa shape index (κ1) is 10.8. The van der Waals surface area contributed by atoms with Crippen molar-refractivity contribution in [3.8, 4) is 17.2 Å². The summed E-state index contributed by atoms with van der Waals surface area (Å²) in [7, 11) is -1.37. The third-order valence-electron chi connectivity index (χ3n) is 1.68. The van der Waals surface area contributed by atoms with Crippen LogP contribution < -0.4 is 0 Å².